The zero-order valence-electron chi connectivity index (χ0n) is 20.2. The molecule has 0 saturated carbocycles. The van der Waals surface area contributed by atoms with Crippen molar-refractivity contribution in [3.05, 3.63) is 0 Å². The minimum Gasteiger partial charge on any atom is -0.458 e. The lowest BCUT2D eigenvalue weighted by atomic mass is 9.86. The number of esters is 1. The van der Waals surface area contributed by atoms with Gasteiger partial charge in [0.05, 0.1) is 6.10 Å². The Balaban J connectivity index is 3.04. The van der Waals surface area contributed by atoms with Crippen molar-refractivity contribution in [3.63, 3.8) is 0 Å². The number of amides is 1. The molecule has 1 saturated heterocycles. The first-order chi connectivity index (χ1) is 14.1. The largest absolute Gasteiger partial charge is 0.458 e. The van der Waals surface area contributed by atoms with Crippen LogP contribution in [0.4, 0.5) is 4.79 Å². The summed E-state index contributed by atoms with van der Waals surface area (Å²) >= 11 is 0. The van der Waals surface area contributed by atoms with E-state index in [9.17, 15) is 9.59 Å². The summed E-state index contributed by atoms with van der Waals surface area (Å²) in [5.41, 5.74) is -0.623. The Labute approximate surface area is 182 Å². The van der Waals surface area contributed by atoms with E-state index in [2.05, 4.69) is 13.8 Å². The molecule has 0 aromatic heterocycles. The number of hydrogen-bond acceptors (Lipinski definition) is 6. The number of rotatable bonds is 9. The molecule has 176 valence electrons. The van der Waals surface area contributed by atoms with Crippen molar-refractivity contribution in [1.82, 2.24) is 4.90 Å². The van der Waals surface area contributed by atoms with Crippen molar-refractivity contribution in [2.75, 3.05) is 21.0 Å². The van der Waals surface area contributed by atoms with Crippen LogP contribution in [-0.4, -0.2) is 61.8 Å². The fraction of sp³-hybridized carbons (Fsp3) is 0.913. The van der Waals surface area contributed by atoms with Crippen LogP contribution in [0.25, 0.3) is 0 Å². The van der Waals surface area contributed by atoms with Crippen LogP contribution in [0, 0.1) is 11.8 Å². The summed E-state index contributed by atoms with van der Waals surface area (Å²) in [4.78, 5) is 27.3. The average Bonchev–Trinajstić information content (AvgIpc) is 2.72. The SMILES string of the molecule is CCC(C)(C)OC(=O)N(COC)[C@H]1CCC[C@H](CCC(C)C)[C@@H](OC)[C@H](C)OC1=O. The number of carbonyl (C=O) groups excluding carboxylic acids is 2. The van der Waals surface area contributed by atoms with Crippen molar-refractivity contribution >= 4 is 12.1 Å². The smallest absolute Gasteiger partial charge is 0.412 e. The molecule has 1 fully saturated rings. The van der Waals surface area contributed by atoms with Gasteiger partial charge < -0.3 is 18.9 Å². The molecule has 0 N–H and O–H groups in total. The van der Waals surface area contributed by atoms with Gasteiger partial charge in [0, 0.05) is 14.2 Å². The third-order valence-corrected chi connectivity index (χ3v) is 6.03. The fourth-order valence-electron chi connectivity index (χ4n) is 3.87. The number of cyclic esters (lactones) is 1. The second kappa shape index (κ2) is 12.5. The van der Waals surface area contributed by atoms with E-state index in [1.165, 1.54) is 12.0 Å². The highest BCUT2D eigenvalue weighted by molar-refractivity contribution is 5.81. The zero-order valence-corrected chi connectivity index (χ0v) is 20.2. The van der Waals surface area contributed by atoms with Gasteiger partial charge in [-0.25, -0.2) is 9.59 Å². The molecule has 1 aliphatic heterocycles. The Morgan fingerprint density at radius 1 is 1.27 bits per heavy atom. The standard InChI is InChI=1S/C23H43NO6/c1-9-23(5,6)30-22(26)24(15-27-7)19-12-10-11-18(14-13-16(2)3)20(28-8)17(4)29-21(19)25/h16-20H,9-15H2,1-8H3/t17-,18+,19-,20-/m0/s1. The summed E-state index contributed by atoms with van der Waals surface area (Å²) in [6.07, 6.45) is 3.89. The van der Waals surface area contributed by atoms with Gasteiger partial charge in [-0.05, 0) is 58.3 Å². The van der Waals surface area contributed by atoms with Crippen LogP contribution in [-0.2, 0) is 23.7 Å². The maximum Gasteiger partial charge on any atom is 0.412 e. The normalized spacial score (nSPS) is 25.8. The second-order valence-corrected chi connectivity index (χ2v) is 9.39. The van der Waals surface area contributed by atoms with E-state index in [1.54, 1.807) is 7.11 Å². The zero-order chi connectivity index (χ0) is 22.9. The molecule has 0 radical (unpaired) electrons. The molecule has 0 aromatic rings. The minimum absolute atomic E-state index is 0.0305. The summed E-state index contributed by atoms with van der Waals surface area (Å²) in [5, 5.41) is 0. The van der Waals surface area contributed by atoms with Crippen LogP contribution in [0.3, 0.4) is 0 Å². The average molecular weight is 430 g/mol. The summed E-state index contributed by atoms with van der Waals surface area (Å²) in [6.45, 7) is 11.9. The molecule has 1 amide bonds. The van der Waals surface area contributed by atoms with Gasteiger partial charge in [-0.3, -0.25) is 4.90 Å². The Morgan fingerprint density at radius 3 is 2.47 bits per heavy atom. The van der Waals surface area contributed by atoms with Gasteiger partial charge in [0.25, 0.3) is 0 Å². The lowest BCUT2D eigenvalue weighted by Crippen LogP contribution is -2.49. The van der Waals surface area contributed by atoms with Gasteiger partial charge >= 0.3 is 12.1 Å². The molecule has 30 heavy (non-hydrogen) atoms. The van der Waals surface area contributed by atoms with E-state index in [4.69, 9.17) is 18.9 Å². The van der Waals surface area contributed by atoms with E-state index in [-0.39, 0.29) is 12.8 Å². The molecule has 7 heteroatoms. The van der Waals surface area contributed by atoms with Gasteiger partial charge in [0.15, 0.2) is 0 Å². The van der Waals surface area contributed by atoms with Crippen molar-refractivity contribution < 1.29 is 28.5 Å². The van der Waals surface area contributed by atoms with E-state index in [0.29, 0.717) is 24.7 Å². The second-order valence-electron chi connectivity index (χ2n) is 9.39. The molecule has 4 atom stereocenters. The first-order valence-electron chi connectivity index (χ1n) is 11.3. The van der Waals surface area contributed by atoms with Crippen LogP contribution in [0.2, 0.25) is 0 Å². The number of carbonyl (C=O) groups is 2. The van der Waals surface area contributed by atoms with Crippen LogP contribution in [0.1, 0.15) is 80.1 Å². The third kappa shape index (κ3) is 8.06. The van der Waals surface area contributed by atoms with Gasteiger partial charge in [-0.15, -0.1) is 0 Å². The summed E-state index contributed by atoms with van der Waals surface area (Å²) in [6, 6.07) is -0.742. The molecule has 0 aromatic carbocycles. The van der Waals surface area contributed by atoms with Gasteiger partial charge in [-0.2, -0.15) is 0 Å². The highest BCUT2D eigenvalue weighted by atomic mass is 16.6. The maximum absolute atomic E-state index is 13.0. The monoisotopic (exact) mass is 429 g/mol. The Bertz CT molecular complexity index is 536. The van der Waals surface area contributed by atoms with E-state index < -0.39 is 29.8 Å². The summed E-state index contributed by atoms with van der Waals surface area (Å²) in [7, 11) is 3.17. The number of nitrogens with zero attached hydrogens (tertiary/aromatic N) is 1. The number of ether oxygens (including phenoxy) is 4. The lowest BCUT2D eigenvalue weighted by molar-refractivity contribution is -0.164. The molecule has 0 spiro atoms. The summed E-state index contributed by atoms with van der Waals surface area (Å²) < 4.78 is 22.4. The van der Waals surface area contributed by atoms with Crippen molar-refractivity contribution in [1.29, 1.82) is 0 Å². The van der Waals surface area contributed by atoms with Crippen molar-refractivity contribution in [2.24, 2.45) is 11.8 Å². The molecule has 0 aliphatic carbocycles. The highest BCUT2D eigenvalue weighted by Crippen LogP contribution is 2.30. The third-order valence-electron chi connectivity index (χ3n) is 6.03. The number of methoxy groups -OCH3 is 2. The first-order valence-corrected chi connectivity index (χ1v) is 11.3. The van der Waals surface area contributed by atoms with Crippen LogP contribution in [0.5, 0.6) is 0 Å². The first kappa shape index (κ1) is 26.7. The predicted octanol–water partition coefficient (Wildman–Crippen LogP) is 4.77. The van der Waals surface area contributed by atoms with Crippen molar-refractivity contribution in [2.45, 2.75) is 104 Å². The minimum atomic E-state index is -0.742. The molecule has 1 heterocycles. The molecule has 0 bridgehead atoms. The van der Waals surface area contributed by atoms with Crippen LogP contribution in [0.15, 0.2) is 0 Å². The van der Waals surface area contributed by atoms with Gasteiger partial charge in [-0.1, -0.05) is 33.6 Å². The maximum atomic E-state index is 13.0. The Hall–Kier alpha value is -1.34. The summed E-state index contributed by atoms with van der Waals surface area (Å²) in [5.74, 6) is 0.479. The Kier molecular flexibility index (Phi) is 11.1. The Morgan fingerprint density at radius 2 is 1.93 bits per heavy atom. The molecule has 7 nitrogen and oxygen atoms in total. The predicted molar refractivity (Wildman–Crippen MR) is 116 cm³/mol. The van der Waals surface area contributed by atoms with Gasteiger partial charge in [0.1, 0.15) is 24.5 Å². The van der Waals surface area contributed by atoms with Crippen LogP contribution < -0.4 is 0 Å². The molecule has 1 rings (SSSR count). The van der Waals surface area contributed by atoms with E-state index in [0.717, 1.165) is 25.7 Å². The molecule has 1 aliphatic rings. The highest BCUT2D eigenvalue weighted by Gasteiger charge is 2.39. The molecular formula is C23H43NO6. The van der Waals surface area contributed by atoms with Gasteiger partial charge in [0.2, 0.25) is 0 Å². The fourth-order valence-corrected chi connectivity index (χ4v) is 3.87. The topological polar surface area (TPSA) is 74.3 Å². The van der Waals surface area contributed by atoms with Crippen LogP contribution >= 0.6 is 0 Å². The van der Waals surface area contributed by atoms with E-state index >= 15 is 0 Å². The molecular weight excluding hydrogens is 386 g/mol. The van der Waals surface area contributed by atoms with E-state index in [1.807, 2.05) is 27.7 Å². The number of hydrogen-bond donors (Lipinski definition) is 0. The lowest BCUT2D eigenvalue weighted by Gasteiger charge is -2.33. The van der Waals surface area contributed by atoms with Crippen molar-refractivity contribution in [3.8, 4) is 0 Å². The molecule has 0 unspecified atom stereocenters. The quantitative estimate of drug-likeness (QED) is 0.388.